The zero-order valence-corrected chi connectivity index (χ0v) is 14.5. The molecular weight excluding hydrogens is 315 g/mol. The number of hydrazine groups is 1. The number of methoxy groups -OCH3 is 1. The molecule has 7 nitrogen and oxygen atoms in total. The van der Waals surface area contributed by atoms with Crippen LogP contribution in [0.15, 0.2) is 24.0 Å². The quantitative estimate of drug-likeness (QED) is 0.475. The van der Waals surface area contributed by atoms with E-state index in [-0.39, 0.29) is 19.6 Å². The number of ether oxygens (including phenoxy) is 1. The molecule has 0 amide bonds. The van der Waals surface area contributed by atoms with Crippen molar-refractivity contribution < 1.29 is 19.0 Å². The molecule has 138 valence electrons. The summed E-state index contributed by atoms with van der Waals surface area (Å²) < 4.78 is 18.9. The van der Waals surface area contributed by atoms with Crippen molar-refractivity contribution in [2.75, 3.05) is 40.4 Å². The zero-order valence-electron chi connectivity index (χ0n) is 14.5. The van der Waals surface area contributed by atoms with E-state index in [1.165, 1.54) is 7.11 Å². The van der Waals surface area contributed by atoms with Gasteiger partial charge < -0.3 is 20.9 Å². The van der Waals surface area contributed by atoms with E-state index < -0.39 is 18.2 Å². The predicted octanol–water partition coefficient (Wildman–Crippen LogP) is 0.703. The summed E-state index contributed by atoms with van der Waals surface area (Å²) in [6.07, 6.45) is 2.74. The van der Waals surface area contributed by atoms with Crippen LogP contribution < -0.4 is 11.1 Å². The molecule has 0 radical (unpaired) electrons. The Morgan fingerprint density at radius 2 is 2.33 bits per heavy atom. The number of nitrogens with two attached hydrogens (primary N) is 1. The normalized spacial score (nSPS) is 17.4. The molecule has 0 fully saturated rings. The van der Waals surface area contributed by atoms with Gasteiger partial charge in [0, 0.05) is 27.2 Å². The number of carbonyl (C=O) groups is 1. The number of carboxylic acid groups (broad SMARTS) is 1. The first-order valence-corrected chi connectivity index (χ1v) is 8.10. The van der Waals surface area contributed by atoms with Crippen LogP contribution in [-0.2, 0) is 9.53 Å². The maximum absolute atomic E-state index is 14.0. The van der Waals surface area contributed by atoms with Gasteiger partial charge in [-0.25, -0.2) is 9.40 Å². The standard InChI is InChI=1S/C16H29FN4O3/c1-4-12-6-5-8-19-15(12)20(2)21(10-13(17)11-24-3)9-7-14(18)16(22)23/h4,13-14,19H,1,5-11,18H2,2-3H3,(H,22,23)/t13-,14-/m0/s1. The maximum Gasteiger partial charge on any atom is 0.320 e. The van der Waals surface area contributed by atoms with Crippen molar-refractivity contribution in [1.82, 2.24) is 15.3 Å². The van der Waals surface area contributed by atoms with Crippen LogP contribution in [-0.4, -0.2) is 73.7 Å². The lowest BCUT2D eigenvalue weighted by atomic mass is 10.1. The summed E-state index contributed by atoms with van der Waals surface area (Å²) in [5.41, 5.74) is 6.63. The van der Waals surface area contributed by atoms with E-state index in [1.54, 1.807) is 11.1 Å². The number of alkyl halides is 1. The Hall–Kier alpha value is -1.64. The molecule has 8 heteroatoms. The van der Waals surface area contributed by atoms with E-state index in [0.717, 1.165) is 30.8 Å². The molecule has 0 aromatic carbocycles. The van der Waals surface area contributed by atoms with Gasteiger partial charge in [-0.3, -0.25) is 9.80 Å². The molecule has 0 aromatic heterocycles. The Kier molecular flexibility index (Phi) is 8.73. The zero-order chi connectivity index (χ0) is 18.1. The van der Waals surface area contributed by atoms with Crippen molar-refractivity contribution in [3.63, 3.8) is 0 Å². The van der Waals surface area contributed by atoms with Crippen molar-refractivity contribution in [3.05, 3.63) is 24.0 Å². The Balaban J connectivity index is 2.86. The van der Waals surface area contributed by atoms with Crippen LogP contribution in [0.1, 0.15) is 19.3 Å². The van der Waals surface area contributed by atoms with Gasteiger partial charge in [-0.1, -0.05) is 12.7 Å². The van der Waals surface area contributed by atoms with Gasteiger partial charge in [0.15, 0.2) is 0 Å². The van der Waals surface area contributed by atoms with E-state index in [0.29, 0.717) is 6.54 Å². The fourth-order valence-electron chi connectivity index (χ4n) is 2.62. The second-order valence-corrected chi connectivity index (χ2v) is 5.83. The SMILES string of the molecule is C=CC1=C(N(C)N(CC[C@H](N)C(=O)O)C[C@H](F)COC)NCCC1. The first-order valence-electron chi connectivity index (χ1n) is 8.10. The Labute approximate surface area is 142 Å². The number of allylic oxidation sites excluding steroid dienone is 2. The summed E-state index contributed by atoms with van der Waals surface area (Å²) in [4.78, 5) is 10.9. The first kappa shape index (κ1) is 20.4. The third-order valence-corrected chi connectivity index (χ3v) is 3.99. The Bertz CT molecular complexity index is 459. The highest BCUT2D eigenvalue weighted by Crippen LogP contribution is 2.19. The minimum Gasteiger partial charge on any atom is -0.480 e. The van der Waals surface area contributed by atoms with Crippen LogP contribution in [0.2, 0.25) is 0 Å². The monoisotopic (exact) mass is 344 g/mol. The molecule has 1 rings (SSSR count). The number of rotatable bonds is 11. The Morgan fingerprint density at radius 1 is 1.62 bits per heavy atom. The second kappa shape index (κ2) is 10.3. The molecule has 0 saturated heterocycles. The molecule has 1 heterocycles. The van der Waals surface area contributed by atoms with E-state index in [9.17, 15) is 9.18 Å². The van der Waals surface area contributed by atoms with Gasteiger partial charge >= 0.3 is 5.97 Å². The summed E-state index contributed by atoms with van der Waals surface area (Å²) in [5, 5.41) is 15.8. The molecular formula is C16H29FN4O3. The molecule has 1 aliphatic rings. The molecule has 4 N–H and O–H groups in total. The molecule has 0 aliphatic carbocycles. The third kappa shape index (κ3) is 6.10. The fourth-order valence-corrected chi connectivity index (χ4v) is 2.62. The van der Waals surface area contributed by atoms with E-state index >= 15 is 0 Å². The minimum atomic E-state index is -1.19. The van der Waals surface area contributed by atoms with Crippen molar-refractivity contribution >= 4 is 5.97 Å². The van der Waals surface area contributed by atoms with Crippen LogP contribution in [0.3, 0.4) is 0 Å². The lowest BCUT2D eigenvalue weighted by Crippen LogP contribution is -2.49. The van der Waals surface area contributed by atoms with Gasteiger partial charge in [0.25, 0.3) is 0 Å². The maximum atomic E-state index is 14.0. The van der Waals surface area contributed by atoms with Crippen molar-refractivity contribution in [3.8, 4) is 0 Å². The average Bonchev–Trinajstić information content (AvgIpc) is 2.57. The molecule has 0 aromatic rings. The number of hydrogen-bond acceptors (Lipinski definition) is 6. The largest absolute Gasteiger partial charge is 0.480 e. The van der Waals surface area contributed by atoms with Crippen molar-refractivity contribution in [1.29, 1.82) is 0 Å². The number of nitrogens with zero attached hydrogens (tertiary/aromatic N) is 2. The van der Waals surface area contributed by atoms with Crippen LogP contribution in [0.5, 0.6) is 0 Å². The lowest BCUT2D eigenvalue weighted by molar-refractivity contribution is -0.139. The number of halogens is 1. The van der Waals surface area contributed by atoms with Gasteiger partial charge in [-0.05, 0) is 24.8 Å². The molecule has 2 atom stereocenters. The summed E-state index contributed by atoms with van der Waals surface area (Å²) in [7, 11) is 3.27. The van der Waals surface area contributed by atoms with E-state index in [2.05, 4.69) is 11.9 Å². The number of nitrogens with one attached hydrogen (secondary N) is 1. The lowest BCUT2D eigenvalue weighted by Gasteiger charge is -2.38. The highest BCUT2D eigenvalue weighted by atomic mass is 19.1. The van der Waals surface area contributed by atoms with Gasteiger partial charge in [0.05, 0.1) is 13.2 Å². The van der Waals surface area contributed by atoms with Gasteiger partial charge in [-0.2, -0.15) is 0 Å². The highest BCUT2D eigenvalue weighted by Gasteiger charge is 2.23. The fraction of sp³-hybridized carbons (Fsp3) is 0.688. The number of hydrogen-bond donors (Lipinski definition) is 3. The summed E-state index contributed by atoms with van der Waals surface area (Å²) in [5.74, 6) is -0.196. The van der Waals surface area contributed by atoms with Crippen LogP contribution in [0, 0.1) is 0 Å². The smallest absolute Gasteiger partial charge is 0.320 e. The van der Waals surface area contributed by atoms with Crippen LogP contribution in [0.25, 0.3) is 0 Å². The molecule has 1 aliphatic heterocycles. The summed E-state index contributed by atoms with van der Waals surface area (Å²) in [6.45, 7) is 5.05. The molecule has 24 heavy (non-hydrogen) atoms. The van der Waals surface area contributed by atoms with Crippen molar-refractivity contribution in [2.24, 2.45) is 5.73 Å². The molecule has 0 unspecified atom stereocenters. The van der Waals surface area contributed by atoms with E-state index in [4.69, 9.17) is 15.6 Å². The summed E-state index contributed by atoms with van der Waals surface area (Å²) in [6, 6.07) is -0.978. The minimum absolute atomic E-state index is 0.0177. The predicted molar refractivity (Wildman–Crippen MR) is 90.8 cm³/mol. The van der Waals surface area contributed by atoms with Crippen LogP contribution >= 0.6 is 0 Å². The van der Waals surface area contributed by atoms with Gasteiger partial charge in [0.2, 0.25) is 0 Å². The topological polar surface area (TPSA) is 91.1 Å². The van der Waals surface area contributed by atoms with Crippen LogP contribution in [0.4, 0.5) is 4.39 Å². The number of aliphatic carboxylic acids is 1. The molecule has 0 saturated carbocycles. The molecule has 0 bridgehead atoms. The second-order valence-electron chi connectivity index (χ2n) is 5.83. The first-order chi connectivity index (χ1) is 11.4. The van der Waals surface area contributed by atoms with E-state index in [1.807, 2.05) is 12.1 Å². The number of carboxylic acids is 1. The Morgan fingerprint density at radius 3 is 2.92 bits per heavy atom. The average molecular weight is 344 g/mol. The third-order valence-electron chi connectivity index (χ3n) is 3.99. The van der Waals surface area contributed by atoms with Gasteiger partial charge in [0.1, 0.15) is 18.0 Å². The highest BCUT2D eigenvalue weighted by molar-refractivity contribution is 5.72. The van der Waals surface area contributed by atoms with Crippen molar-refractivity contribution in [2.45, 2.75) is 31.5 Å². The molecule has 0 spiro atoms. The van der Waals surface area contributed by atoms with Gasteiger partial charge in [-0.15, -0.1) is 0 Å². The summed E-state index contributed by atoms with van der Waals surface area (Å²) >= 11 is 0.